The van der Waals surface area contributed by atoms with Crippen molar-refractivity contribution < 1.29 is 97.0 Å². The highest BCUT2D eigenvalue weighted by Crippen LogP contribution is 2.15. The Morgan fingerprint density at radius 3 is 1.13 bits per heavy atom. The van der Waals surface area contributed by atoms with Gasteiger partial charge in [0.15, 0.2) is 0 Å². The summed E-state index contributed by atoms with van der Waals surface area (Å²) in [5.41, 5.74) is 1.45. The number of hydrogen-bond acceptors (Lipinski definition) is 20. The summed E-state index contributed by atoms with van der Waals surface area (Å²) in [6.07, 6.45) is 1.66. The Kier molecular flexibility index (Phi) is 43.0. The second kappa shape index (κ2) is 43.0. The lowest BCUT2D eigenvalue weighted by Crippen LogP contribution is -2.26. The van der Waals surface area contributed by atoms with Gasteiger partial charge in [0.25, 0.3) is 0 Å². The fourth-order valence-electron chi connectivity index (χ4n) is 3.44. The van der Waals surface area contributed by atoms with Crippen molar-refractivity contribution in [1.82, 2.24) is 0 Å². The molecule has 0 aliphatic rings. The van der Waals surface area contributed by atoms with E-state index < -0.39 is 47.9 Å². The van der Waals surface area contributed by atoms with Crippen LogP contribution in [0.1, 0.15) is 94.4 Å². The molecule has 1 aromatic rings. The molecule has 0 saturated heterocycles. The van der Waals surface area contributed by atoms with Gasteiger partial charge in [0.2, 0.25) is 0 Å². The molecule has 0 aromatic heterocycles. The number of benzene rings is 1. The van der Waals surface area contributed by atoms with Gasteiger partial charge in [-0.1, -0.05) is 51.6 Å². The zero-order chi connectivity index (χ0) is 53.2. The molecule has 0 aliphatic heterocycles. The Balaban J connectivity index is -0.000000431. The van der Waals surface area contributed by atoms with Gasteiger partial charge in [-0.15, -0.1) is 0 Å². The van der Waals surface area contributed by atoms with Crippen LogP contribution < -0.4 is 0 Å². The Hall–Kier alpha value is -6.58. The third kappa shape index (κ3) is 38.7. The third-order valence-corrected chi connectivity index (χ3v) is 6.97. The molecule has 0 bridgehead atoms. The van der Waals surface area contributed by atoms with Crippen molar-refractivity contribution in [1.29, 1.82) is 0 Å². The van der Waals surface area contributed by atoms with Gasteiger partial charge in [-0.3, -0.25) is 0 Å². The summed E-state index contributed by atoms with van der Waals surface area (Å²) in [5, 5.41) is 42.0. The van der Waals surface area contributed by atoms with Crippen LogP contribution in [0.25, 0.3) is 0 Å². The zero-order valence-electron chi connectivity index (χ0n) is 40.1. The van der Waals surface area contributed by atoms with Gasteiger partial charge in [0, 0.05) is 59.7 Å². The summed E-state index contributed by atoms with van der Waals surface area (Å²) in [6, 6.07) is 5.66. The van der Waals surface area contributed by atoms with Crippen LogP contribution in [0.5, 0.6) is 0 Å². The number of esters is 8. The second-order valence-corrected chi connectivity index (χ2v) is 13.9. The molecule has 20 nitrogen and oxygen atoms in total. The highest BCUT2D eigenvalue weighted by atomic mass is 16.6. The molecule has 1 atom stereocenters. The maximum absolute atomic E-state index is 12.4. The Labute approximate surface area is 398 Å². The molecule has 0 spiro atoms. The third-order valence-electron chi connectivity index (χ3n) is 6.97. The molecular formula is C48H70O20. The molecule has 5 N–H and O–H groups in total. The first kappa shape index (κ1) is 68.0. The average molecular weight is 967 g/mol. The van der Waals surface area contributed by atoms with E-state index in [9.17, 15) is 38.4 Å². The van der Waals surface area contributed by atoms with Gasteiger partial charge in [-0.25, -0.2) is 38.4 Å². The number of aliphatic hydroxyl groups excluding tert-OH is 5. The Morgan fingerprint density at radius 1 is 0.426 bits per heavy atom. The van der Waals surface area contributed by atoms with E-state index in [0.717, 1.165) is 0 Å². The van der Waals surface area contributed by atoms with Crippen LogP contribution in [0.2, 0.25) is 0 Å². The Morgan fingerprint density at radius 2 is 0.779 bits per heavy atom. The second-order valence-electron chi connectivity index (χ2n) is 13.9. The summed E-state index contributed by atoms with van der Waals surface area (Å²) in [4.78, 5) is 90.2. The fourth-order valence-corrected chi connectivity index (χ4v) is 3.44. The number of carbonyl (C=O) groups excluding carboxylic acids is 8. The Bertz CT molecular complexity index is 1800. The van der Waals surface area contributed by atoms with Gasteiger partial charge in [0.1, 0.15) is 25.9 Å². The number of unbranched alkanes of at least 4 members (excludes halogenated alkanes) is 1. The average Bonchev–Trinajstić information content (AvgIpc) is 3.29. The molecule has 0 radical (unpaired) electrons. The van der Waals surface area contributed by atoms with E-state index in [2.05, 4.69) is 58.4 Å². The highest BCUT2D eigenvalue weighted by molar-refractivity contribution is 6.07. The van der Waals surface area contributed by atoms with E-state index in [1.807, 2.05) is 0 Å². The van der Waals surface area contributed by atoms with E-state index in [1.54, 1.807) is 27.7 Å². The molecule has 1 rings (SSSR count). The minimum atomic E-state index is -1.02. The van der Waals surface area contributed by atoms with Crippen molar-refractivity contribution in [3.8, 4) is 0 Å². The van der Waals surface area contributed by atoms with Crippen molar-refractivity contribution in [2.45, 2.75) is 79.8 Å². The van der Waals surface area contributed by atoms with Gasteiger partial charge in [0.05, 0.1) is 37.6 Å². The van der Waals surface area contributed by atoms with E-state index >= 15 is 0 Å². The number of ether oxygens (including phenoxy) is 7. The van der Waals surface area contributed by atoms with Crippen molar-refractivity contribution in [2.24, 2.45) is 0 Å². The topological polar surface area (TPSA) is 302 Å². The standard InChI is InChI=1S/C21H24O8.C8H14O3.C7H12O3.2C6H10O3/c1-13(2)18(23)28-15(8-7-11-22)12-27-20(25)16-9-5-6-10-17(16)21(26)29-19(24)14(3)4;1-7(2)8(10)11-6-4-3-5-9;1-6(2)7(9)10-5-3-4-8;2*1-5(2)6(8)9-4-3-7/h5-6,9-10,15,22H,1,3,7-8,11-12H2,2,4H3;9H,1,3-6H2,2H3;8H,1,3-5H2,2H3;2*7H,1,3-4H2,2H3. The van der Waals surface area contributed by atoms with Gasteiger partial charge in [-0.2, -0.15) is 0 Å². The first-order chi connectivity index (χ1) is 31.9. The molecule has 0 aliphatic carbocycles. The molecule has 382 valence electrons. The number of aliphatic hydroxyl groups is 5. The number of carbonyl (C=O) groups is 8. The van der Waals surface area contributed by atoms with Crippen molar-refractivity contribution in [3.05, 3.63) is 108 Å². The lowest BCUT2D eigenvalue weighted by molar-refractivity contribution is -0.147. The molecular weight excluding hydrogens is 897 g/mol. The predicted molar refractivity (Wildman–Crippen MR) is 248 cm³/mol. The lowest BCUT2D eigenvalue weighted by atomic mass is 10.1. The maximum atomic E-state index is 12.4. The molecule has 0 heterocycles. The van der Waals surface area contributed by atoms with Crippen LogP contribution in [0.4, 0.5) is 0 Å². The number of rotatable bonds is 25. The van der Waals surface area contributed by atoms with E-state index in [0.29, 0.717) is 54.6 Å². The zero-order valence-corrected chi connectivity index (χ0v) is 40.1. The summed E-state index contributed by atoms with van der Waals surface area (Å²) < 4.78 is 33.3. The van der Waals surface area contributed by atoms with Crippen molar-refractivity contribution in [3.63, 3.8) is 0 Å². The lowest BCUT2D eigenvalue weighted by Gasteiger charge is -2.18. The van der Waals surface area contributed by atoms with E-state index in [1.165, 1.54) is 38.1 Å². The molecule has 20 heteroatoms. The summed E-state index contributed by atoms with van der Waals surface area (Å²) in [6.45, 7) is 29.8. The molecule has 68 heavy (non-hydrogen) atoms. The summed E-state index contributed by atoms with van der Waals surface area (Å²) in [7, 11) is 0. The SMILES string of the molecule is C=C(C)C(=O)OC(=O)c1ccccc1C(=O)OCC(CCCO)OC(=O)C(=C)C.C=C(C)C(=O)OCCCCO.C=C(C)C(=O)OCCCO.C=C(C)C(=O)OCCO.C=C(C)C(=O)OCCO. The van der Waals surface area contributed by atoms with Gasteiger partial charge < -0.3 is 58.7 Å². The quantitative estimate of drug-likeness (QED) is 0.0305. The van der Waals surface area contributed by atoms with Crippen LogP contribution in [-0.4, -0.2) is 145 Å². The van der Waals surface area contributed by atoms with Crippen LogP contribution in [0.3, 0.4) is 0 Å². The molecule has 0 fully saturated rings. The molecule has 0 amide bonds. The largest absolute Gasteiger partial charge is 0.462 e. The smallest absolute Gasteiger partial charge is 0.346 e. The maximum Gasteiger partial charge on any atom is 0.346 e. The van der Waals surface area contributed by atoms with E-state index in [-0.39, 0.29) is 94.1 Å². The normalized spacial score (nSPS) is 9.87. The molecule has 0 saturated carbocycles. The summed E-state index contributed by atoms with van der Waals surface area (Å²) in [5.74, 6) is -5.10. The first-order valence-electron chi connectivity index (χ1n) is 20.8. The molecule has 1 aromatic carbocycles. The van der Waals surface area contributed by atoms with Crippen LogP contribution in [0.15, 0.2) is 97.2 Å². The van der Waals surface area contributed by atoms with Crippen LogP contribution in [0, 0.1) is 0 Å². The van der Waals surface area contributed by atoms with Gasteiger partial charge >= 0.3 is 47.8 Å². The van der Waals surface area contributed by atoms with Crippen LogP contribution >= 0.6 is 0 Å². The summed E-state index contributed by atoms with van der Waals surface area (Å²) >= 11 is 0. The highest BCUT2D eigenvalue weighted by Gasteiger charge is 2.23. The van der Waals surface area contributed by atoms with Crippen LogP contribution in [-0.2, 0) is 61.9 Å². The van der Waals surface area contributed by atoms with E-state index in [4.69, 9.17) is 39.7 Å². The number of hydrogen-bond donors (Lipinski definition) is 5. The monoisotopic (exact) mass is 966 g/mol. The van der Waals surface area contributed by atoms with Gasteiger partial charge in [-0.05, 0) is 79.4 Å². The van der Waals surface area contributed by atoms with Crippen molar-refractivity contribution in [2.75, 3.05) is 66.1 Å². The minimum Gasteiger partial charge on any atom is -0.462 e. The molecule has 1 unspecified atom stereocenters. The predicted octanol–water partition coefficient (Wildman–Crippen LogP) is 3.93. The first-order valence-corrected chi connectivity index (χ1v) is 20.8. The fraction of sp³-hybridized carbons (Fsp3) is 0.458. The van der Waals surface area contributed by atoms with Crippen molar-refractivity contribution >= 4 is 47.8 Å². The minimum absolute atomic E-state index is 0.0319.